The number of nitrogens with one attached hydrogen (secondary N) is 1. The fraction of sp³-hybridized carbons (Fsp3) is 0.667. The van der Waals surface area contributed by atoms with Gasteiger partial charge in [-0.1, -0.05) is 0 Å². The summed E-state index contributed by atoms with van der Waals surface area (Å²) in [6.45, 7) is 2.12. The zero-order chi connectivity index (χ0) is 13.1. The Hall–Kier alpha value is -1.67. The van der Waals surface area contributed by atoms with Gasteiger partial charge < -0.3 is 21.1 Å². The molecule has 0 aliphatic carbocycles. The van der Waals surface area contributed by atoms with Crippen LogP contribution in [0.5, 0.6) is 0 Å². The van der Waals surface area contributed by atoms with Gasteiger partial charge in [0.05, 0.1) is 5.60 Å². The zero-order valence-electron chi connectivity index (χ0n) is 10.1. The van der Waals surface area contributed by atoms with Gasteiger partial charge in [-0.05, 0) is 31.3 Å². The van der Waals surface area contributed by atoms with E-state index in [1.165, 1.54) is 0 Å². The molecule has 4 N–H and O–H groups in total. The molecule has 96 valence electrons. The quantitative estimate of drug-likeness (QED) is 0.588. The number of hydrogen-bond acceptors (Lipinski definition) is 7. The minimum atomic E-state index is -1.04. The maximum atomic E-state index is 11.6. The van der Waals surface area contributed by atoms with Gasteiger partial charge in [-0.2, -0.15) is 0 Å². The third kappa shape index (κ3) is 4.00. The topological polar surface area (TPSA) is 118 Å². The van der Waals surface area contributed by atoms with Crippen LogP contribution in [0.1, 0.15) is 17.4 Å². The van der Waals surface area contributed by atoms with E-state index in [9.17, 15) is 9.90 Å². The summed E-state index contributed by atoms with van der Waals surface area (Å²) >= 11 is 0. The second-order valence-corrected chi connectivity index (χ2v) is 4.42. The summed E-state index contributed by atoms with van der Waals surface area (Å²) in [7, 11) is 3.66. The highest BCUT2D eigenvalue weighted by molar-refractivity contribution is 5.95. The number of hydrogen-bond donors (Lipinski definition) is 3. The lowest BCUT2D eigenvalue weighted by atomic mass is 10.1. The van der Waals surface area contributed by atoms with E-state index in [1.54, 1.807) is 6.92 Å². The summed E-state index contributed by atoms with van der Waals surface area (Å²) in [4.78, 5) is 13.4. The zero-order valence-corrected chi connectivity index (χ0v) is 10.1. The number of nitrogens with zero attached hydrogens (tertiary/aromatic N) is 3. The van der Waals surface area contributed by atoms with Crippen LogP contribution in [0.25, 0.3) is 0 Å². The summed E-state index contributed by atoms with van der Waals surface area (Å²) in [6, 6.07) is 0. The van der Waals surface area contributed by atoms with Crippen molar-refractivity contribution in [2.75, 3.05) is 32.9 Å². The standard InChI is InChI=1S/C9H17N5O3/c1-9(16,5-14(2)3)4-11-8(15)6-7(10)13-17-12-6/h16H,4-5H2,1-3H3,(H2,10,13)(H,11,15). The minimum Gasteiger partial charge on any atom is -0.387 e. The van der Waals surface area contributed by atoms with Crippen LogP contribution in [0, 0.1) is 0 Å². The molecule has 1 heterocycles. The van der Waals surface area contributed by atoms with Crippen LogP contribution in [-0.2, 0) is 0 Å². The first-order valence-corrected chi connectivity index (χ1v) is 5.05. The second kappa shape index (κ2) is 5.11. The number of amides is 1. The minimum absolute atomic E-state index is 0.0743. The molecular formula is C9H17N5O3. The normalized spacial score (nSPS) is 14.6. The largest absolute Gasteiger partial charge is 0.387 e. The monoisotopic (exact) mass is 243 g/mol. The highest BCUT2D eigenvalue weighted by atomic mass is 16.6. The summed E-state index contributed by atoms with van der Waals surface area (Å²) in [5.74, 6) is -0.600. The molecule has 0 saturated heterocycles. The number of likely N-dealkylation sites (N-methyl/N-ethyl adjacent to an activating group) is 1. The Morgan fingerprint density at radius 2 is 2.24 bits per heavy atom. The van der Waals surface area contributed by atoms with Crippen molar-refractivity contribution < 1.29 is 14.5 Å². The number of carbonyl (C=O) groups excluding carboxylic acids is 1. The van der Waals surface area contributed by atoms with Crippen LogP contribution in [0.15, 0.2) is 4.63 Å². The van der Waals surface area contributed by atoms with Crippen molar-refractivity contribution in [1.82, 2.24) is 20.5 Å². The Morgan fingerprint density at radius 1 is 1.59 bits per heavy atom. The van der Waals surface area contributed by atoms with E-state index in [0.717, 1.165) is 0 Å². The Bertz CT molecular complexity index is 388. The van der Waals surface area contributed by atoms with Gasteiger partial charge in [-0.25, -0.2) is 4.63 Å². The first kappa shape index (κ1) is 13.4. The molecule has 17 heavy (non-hydrogen) atoms. The lowest BCUT2D eigenvalue weighted by Gasteiger charge is -2.26. The van der Waals surface area contributed by atoms with Gasteiger partial charge in [0.2, 0.25) is 11.5 Å². The molecule has 0 fully saturated rings. The van der Waals surface area contributed by atoms with Gasteiger partial charge >= 0.3 is 0 Å². The molecule has 8 heteroatoms. The van der Waals surface area contributed by atoms with Crippen LogP contribution in [-0.4, -0.2) is 59.0 Å². The first-order chi connectivity index (χ1) is 7.82. The van der Waals surface area contributed by atoms with Gasteiger partial charge in [0.25, 0.3) is 5.91 Å². The van der Waals surface area contributed by atoms with Crippen LogP contribution >= 0.6 is 0 Å². The van der Waals surface area contributed by atoms with Crippen molar-refractivity contribution in [3.05, 3.63) is 5.69 Å². The molecule has 0 aliphatic heterocycles. The molecule has 1 atom stereocenters. The molecule has 1 unspecified atom stereocenters. The summed E-state index contributed by atoms with van der Waals surface area (Å²) in [5, 5.41) is 19.1. The van der Waals surface area contributed by atoms with Gasteiger partial charge in [0, 0.05) is 13.1 Å². The molecule has 0 spiro atoms. The molecule has 0 saturated carbocycles. The van der Waals surface area contributed by atoms with E-state index in [1.807, 2.05) is 19.0 Å². The van der Waals surface area contributed by atoms with Gasteiger partial charge in [0.1, 0.15) is 0 Å². The molecule has 0 radical (unpaired) electrons. The van der Waals surface area contributed by atoms with Crippen molar-refractivity contribution in [1.29, 1.82) is 0 Å². The number of rotatable bonds is 5. The van der Waals surface area contributed by atoms with E-state index in [-0.39, 0.29) is 18.1 Å². The van der Waals surface area contributed by atoms with Crippen molar-refractivity contribution in [2.45, 2.75) is 12.5 Å². The third-order valence-corrected chi connectivity index (χ3v) is 2.02. The molecule has 1 amide bonds. The Morgan fingerprint density at radius 3 is 2.71 bits per heavy atom. The van der Waals surface area contributed by atoms with Gasteiger partial charge in [-0.15, -0.1) is 0 Å². The number of aromatic nitrogens is 2. The maximum absolute atomic E-state index is 11.6. The fourth-order valence-corrected chi connectivity index (χ4v) is 1.44. The van der Waals surface area contributed by atoms with Crippen molar-refractivity contribution >= 4 is 11.7 Å². The lowest BCUT2D eigenvalue weighted by Crippen LogP contribution is -2.47. The molecule has 8 nitrogen and oxygen atoms in total. The van der Waals surface area contributed by atoms with Gasteiger partial charge in [-0.3, -0.25) is 4.79 Å². The smallest absolute Gasteiger partial charge is 0.277 e. The van der Waals surface area contributed by atoms with Crippen molar-refractivity contribution in [3.8, 4) is 0 Å². The average molecular weight is 243 g/mol. The van der Waals surface area contributed by atoms with E-state index < -0.39 is 11.5 Å². The lowest BCUT2D eigenvalue weighted by molar-refractivity contribution is 0.0324. The third-order valence-electron chi connectivity index (χ3n) is 2.02. The second-order valence-electron chi connectivity index (χ2n) is 4.42. The Kier molecular flexibility index (Phi) is 4.02. The fourth-order valence-electron chi connectivity index (χ4n) is 1.44. The molecule has 1 aromatic rings. The number of anilines is 1. The van der Waals surface area contributed by atoms with Crippen LogP contribution in [0.3, 0.4) is 0 Å². The summed E-state index contributed by atoms with van der Waals surface area (Å²) < 4.78 is 4.31. The number of carbonyl (C=O) groups is 1. The highest BCUT2D eigenvalue weighted by Crippen LogP contribution is 2.06. The van der Waals surface area contributed by atoms with E-state index >= 15 is 0 Å². The Balaban J connectivity index is 2.51. The molecular weight excluding hydrogens is 226 g/mol. The SMILES string of the molecule is CN(C)CC(C)(O)CNC(=O)c1nonc1N. The predicted molar refractivity (Wildman–Crippen MR) is 60.2 cm³/mol. The van der Waals surface area contributed by atoms with Crippen molar-refractivity contribution in [3.63, 3.8) is 0 Å². The van der Waals surface area contributed by atoms with E-state index in [0.29, 0.717) is 6.54 Å². The van der Waals surface area contributed by atoms with Gasteiger partial charge in [0.15, 0.2) is 0 Å². The number of nitrogen functional groups attached to an aromatic ring is 1. The highest BCUT2D eigenvalue weighted by Gasteiger charge is 2.24. The van der Waals surface area contributed by atoms with E-state index in [2.05, 4.69) is 20.3 Å². The average Bonchev–Trinajstić information content (AvgIpc) is 2.59. The summed E-state index contributed by atoms with van der Waals surface area (Å²) in [6.07, 6.45) is 0. The molecule has 1 aromatic heterocycles. The van der Waals surface area contributed by atoms with Crippen LogP contribution in [0.4, 0.5) is 5.82 Å². The van der Waals surface area contributed by atoms with E-state index in [4.69, 9.17) is 5.73 Å². The Labute approximate surface area is 98.7 Å². The van der Waals surface area contributed by atoms with Crippen LogP contribution < -0.4 is 11.1 Å². The van der Waals surface area contributed by atoms with Crippen molar-refractivity contribution in [2.24, 2.45) is 0 Å². The molecule has 0 bridgehead atoms. The predicted octanol–water partition coefficient (Wildman–Crippen LogP) is -1.31. The molecule has 1 rings (SSSR count). The van der Waals surface area contributed by atoms with Crippen LogP contribution in [0.2, 0.25) is 0 Å². The molecule has 0 aliphatic rings. The maximum Gasteiger partial charge on any atom is 0.277 e. The molecule has 0 aromatic carbocycles. The summed E-state index contributed by atoms with van der Waals surface area (Å²) in [5.41, 5.74) is 4.25. The first-order valence-electron chi connectivity index (χ1n) is 5.05. The number of nitrogens with two attached hydrogens (primary N) is 1. The number of aliphatic hydroxyl groups is 1.